The molecule has 0 radical (unpaired) electrons. The van der Waals surface area contributed by atoms with Crippen LogP contribution < -0.4 is 5.32 Å². The van der Waals surface area contributed by atoms with Crippen LogP contribution in [0.2, 0.25) is 0 Å². The van der Waals surface area contributed by atoms with E-state index in [0.29, 0.717) is 17.7 Å². The lowest BCUT2D eigenvalue weighted by molar-refractivity contribution is 0.0836. The zero-order valence-corrected chi connectivity index (χ0v) is 13.7. The van der Waals surface area contributed by atoms with E-state index in [1.807, 2.05) is 6.07 Å². The molecule has 1 heterocycles. The summed E-state index contributed by atoms with van der Waals surface area (Å²) in [6, 6.07) is 6.71. The topological polar surface area (TPSA) is 32.3 Å². The van der Waals surface area contributed by atoms with E-state index >= 15 is 0 Å². The lowest BCUT2D eigenvalue weighted by Gasteiger charge is -2.55. The summed E-state index contributed by atoms with van der Waals surface area (Å²) in [5.74, 6) is 1.79. The number of fused-ring (bicyclic) bond motifs is 4. The molecule has 2 bridgehead atoms. The predicted molar refractivity (Wildman–Crippen MR) is 87.7 cm³/mol. The standard InChI is InChI=1S/C19H29NO/c1-4-6-15(5-2)19-11-16(20-12-13(19)3)9-14-7-8-17(21)10-18(14)19/h7-8,10,13,15-16,20-21H,4-6,9,11-12H2,1-3H3/t13-,15?,16+,19-/m1/s1. The Labute approximate surface area is 129 Å². The molecule has 1 fully saturated rings. The van der Waals surface area contributed by atoms with Crippen LogP contribution in [0.15, 0.2) is 18.2 Å². The van der Waals surface area contributed by atoms with E-state index in [0.717, 1.165) is 18.9 Å². The van der Waals surface area contributed by atoms with Gasteiger partial charge >= 0.3 is 0 Å². The summed E-state index contributed by atoms with van der Waals surface area (Å²) in [6.07, 6.45) is 6.14. The summed E-state index contributed by atoms with van der Waals surface area (Å²) in [6.45, 7) is 8.16. The van der Waals surface area contributed by atoms with Crippen LogP contribution in [0.1, 0.15) is 57.6 Å². The van der Waals surface area contributed by atoms with E-state index in [4.69, 9.17) is 0 Å². The molecule has 1 aromatic rings. The monoisotopic (exact) mass is 287 g/mol. The third kappa shape index (κ3) is 2.28. The Morgan fingerprint density at radius 1 is 1.38 bits per heavy atom. The molecule has 1 aliphatic carbocycles. The normalized spacial score (nSPS) is 32.5. The first kappa shape index (κ1) is 14.9. The van der Waals surface area contributed by atoms with Crippen LogP contribution in [0, 0.1) is 11.8 Å². The lowest BCUT2D eigenvalue weighted by atomic mass is 9.53. The molecule has 0 aromatic heterocycles. The van der Waals surface area contributed by atoms with Crippen molar-refractivity contribution in [3.8, 4) is 5.75 Å². The third-order valence-electron chi connectivity index (χ3n) is 6.10. The van der Waals surface area contributed by atoms with E-state index in [9.17, 15) is 5.11 Å². The summed E-state index contributed by atoms with van der Waals surface area (Å²) in [5.41, 5.74) is 3.17. The van der Waals surface area contributed by atoms with Crippen molar-refractivity contribution in [3.05, 3.63) is 29.3 Å². The van der Waals surface area contributed by atoms with Gasteiger partial charge in [0.2, 0.25) is 0 Å². The van der Waals surface area contributed by atoms with E-state index in [2.05, 4.69) is 38.2 Å². The summed E-state index contributed by atoms with van der Waals surface area (Å²) < 4.78 is 0. The van der Waals surface area contributed by atoms with Crippen LogP contribution in [0.5, 0.6) is 5.75 Å². The second-order valence-electron chi connectivity index (χ2n) is 7.19. The molecule has 2 aliphatic rings. The second kappa shape index (κ2) is 5.64. The highest BCUT2D eigenvalue weighted by Gasteiger charge is 2.50. The number of aromatic hydroxyl groups is 1. The number of hydrogen-bond donors (Lipinski definition) is 2. The molecule has 116 valence electrons. The van der Waals surface area contributed by atoms with Gasteiger partial charge in [-0.1, -0.05) is 39.7 Å². The molecule has 2 N–H and O–H groups in total. The zero-order valence-electron chi connectivity index (χ0n) is 13.7. The van der Waals surface area contributed by atoms with Gasteiger partial charge < -0.3 is 10.4 Å². The van der Waals surface area contributed by atoms with Crippen LogP contribution in [-0.4, -0.2) is 17.7 Å². The molecule has 1 aromatic carbocycles. The number of rotatable bonds is 4. The maximum absolute atomic E-state index is 10.1. The number of phenols is 1. The minimum atomic E-state index is 0.257. The van der Waals surface area contributed by atoms with Gasteiger partial charge in [-0.15, -0.1) is 0 Å². The van der Waals surface area contributed by atoms with Crippen molar-refractivity contribution in [1.82, 2.24) is 5.32 Å². The number of hydrogen-bond acceptors (Lipinski definition) is 2. The second-order valence-corrected chi connectivity index (χ2v) is 7.19. The smallest absolute Gasteiger partial charge is 0.115 e. The third-order valence-corrected chi connectivity index (χ3v) is 6.10. The van der Waals surface area contributed by atoms with Crippen LogP contribution in [0.4, 0.5) is 0 Å². The van der Waals surface area contributed by atoms with Gasteiger partial charge in [-0.05, 0) is 60.9 Å². The SMILES string of the molecule is CCCC(CC)[C@]12C[C@H](Cc3ccc(O)cc31)NC[C@H]2C. The molecular weight excluding hydrogens is 258 g/mol. The number of nitrogens with one attached hydrogen (secondary N) is 1. The summed E-state index contributed by atoms with van der Waals surface area (Å²) in [4.78, 5) is 0. The molecule has 0 spiro atoms. The maximum atomic E-state index is 10.1. The Bertz CT molecular complexity index is 512. The summed E-state index contributed by atoms with van der Waals surface area (Å²) in [5, 5.41) is 13.8. The molecule has 4 atom stereocenters. The van der Waals surface area contributed by atoms with Crippen molar-refractivity contribution in [2.45, 2.75) is 64.3 Å². The Morgan fingerprint density at radius 3 is 2.90 bits per heavy atom. The molecular formula is C19H29NO. The first-order valence-electron chi connectivity index (χ1n) is 8.67. The molecule has 2 nitrogen and oxygen atoms in total. The van der Waals surface area contributed by atoms with Crippen LogP contribution >= 0.6 is 0 Å². The molecule has 1 saturated heterocycles. The van der Waals surface area contributed by atoms with Gasteiger partial charge in [0, 0.05) is 11.5 Å². The Morgan fingerprint density at radius 2 is 2.19 bits per heavy atom. The van der Waals surface area contributed by atoms with Crippen LogP contribution in [0.3, 0.4) is 0 Å². The molecule has 3 rings (SSSR count). The number of piperidine rings is 1. The highest BCUT2D eigenvalue weighted by atomic mass is 16.3. The van der Waals surface area contributed by atoms with Crippen molar-refractivity contribution < 1.29 is 5.11 Å². The molecule has 0 saturated carbocycles. The van der Waals surface area contributed by atoms with E-state index < -0.39 is 0 Å². The van der Waals surface area contributed by atoms with Gasteiger partial charge in [-0.3, -0.25) is 0 Å². The van der Waals surface area contributed by atoms with Gasteiger partial charge in [0.05, 0.1) is 0 Å². The van der Waals surface area contributed by atoms with Gasteiger partial charge in [0.15, 0.2) is 0 Å². The highest BCUT2D eigenvalue weighted by Crippen LogP contribution is 2.53. The predicted octanol–water partition coefficient (Wildman–Crippen LogP) is 4.01. The fourth-order valence-corrected chi connectivity index (χ4v) is 5.13. The van der Waals surface area contributed by atoms with Crippen molar-refractivity contribution in [2.24, 2.45) is 11.8 Å². The van der Waals surface area contributed by atoms with E-state index in [1.165, 1.54) is 36.8 Å². The highest BCUT2D eigenvalue weighted by molar-refractivity contribution is 5.45. The lowest BCUT2D eigenvalue weighted by Crippen LogP contribution is -2.58. The summed E-state index contributed by atoms with van der Waals surface area (Å²) >= 11 is 0. The van der Waals surface area contributed by atoms with Crippen LogP contribution in [-0.2, 0) is 11.8 Å². The average Bonchev–Trinajstić information content (AvgIpc) is 2.49. The van der Waals surface area contributed by atoms with Crippen LogP contribution in [0.25, 0.3) is 0 Å². The zero-order chi connectivity index (χ0) is 15.0. The van der Waals surface area contributed by atoms with Gasteiger partial charge in [0.1, 0.15) is 5.75 Å². The average molecular weight is 287 g/mol. The Hall–Kier alpha value is -1.02. The van der Waals surface area contributed by atoms with Gasteiger partial charge in [-0.2, -0.15) is 0 Å². The van der Waals surface area contributed by atoms with Gasteiger partial charge in [-0.25, -0.2) is 0 Å². The quantitative estimate of drug-likeness (QED) is 0.877. The molecule has 1 unspecified atom stereocenters. The Balaban J connectivity index is 2.15. The van der Waals surface area contributed by atoms with Crippen molar-refractivity contribution >= 4 is 0 Å². The van der Waals surface area contributed by atoms with Crippen molar-refractivity contribution in [3.63, 3.8) is 0 Å². The maximum Gasteiger partial charge on any atom is 0.115 e. The fraction of sp³-hybridized carbons (Fsp3) is 0.684. The van der Waals surface area contributed by atoms with Crippen molar-refractivity contribution in [1.29, 1.82) is 0 Å². The van der Waals surface area contributed by atoms with Gasteiger partial charge in [0.25, 0.3) is 0 Å². The molecule has 21 heavy (non-hydrogen) atoms. The van der Waals surface area contributed by atoms with Crippen molar-refractivity contribution in [2.75, 3.05) is 6.54 Å². The largest absolute Gasteiger partial charge is 0.508 e. The first-order valence-corrected chi connectivity index (χ1v) is 8.67. The van der Waals surface area contributed by atoms with E-state index in [-0.39, 0.29) is 5.41 Å². The molecule has 1 aliphatic heterocycles. The minimum absolute atomic E-state index is 0.257. The Kier molecular flexibility index (Phi) is 4.00. The van der Waals surface area contributed by atoms with E-state index in [1.54, 1.807) is 0 Å². The first-order chi connectivity index (χ1) is 10.1. The minimum Gasteiger partial charge on any atom is -0.508 e. The number of phenolic OH excluding ortho intramolecular Hbond substituents is 1. The fourth-order valence-electron chi connectivity index (χ4n) is 5.13. The number of benzene rings is 1. The molecule has 0 amide bonds. The summed E-state index contributed by atoms with van der Waals surface area (Å²) in [7, 11) is 0. The molecule has 2 heteroatoms.